The van der Waals surface area contributed by atoms with Gasteiger partial charge in [-0.1, -0.05) is 55.8 Å². The minimum absolute atomic E-state index is 0.143. The second kappa shape index (κ2) is 8.54. The number of halogens is 1. The maximum absolute atomic E-state index is 12.3. The van der Waals surface area contributed by atoms with Crippen LogP contribution in [0.5, 0.6) is 0 Å². The summed E-state index contributed by atoms with van der Waals surface area (Å²) in [6, 6.07) is 9.01. The van der Waals surface area contributed by atoms with E-state index in [-0.39, 0.29) is 18.6 Å². The lowest BCUT2D eigenvalue weighted by atomic mass is 10.1. The molecule has 0 N–H and O–H groups in total. The molecule has 0 aliphatic heterocycles. The lowest BCUT2D eigenvalue weighted by Gasteiger charge is -2.23. The van der Waals surface area contributed by atoms with Crippen LogP contribution in [0.15, 0.2) is 30.3 Å². The zero-order valence-corrected chi connectivity index (χ0v) is 14.0. The fourth-order valence-corrected chi connectivity index (χ4v) is 2.87. The molecular formula is C14H20ClO5P. The molecule has 0 spiro atoms. The largest absolute Gasteiger partial charge is 0.447 e. The van der Waals surface area contributed by atoms with E-state index in [0.29, 0.717) is 0 Å². The van der Waals surface area contributed by atoms with Crippen LogP contribution in [-0.2, 0) is 29.8 Å². The van der Waals surface area contributed by atoms with Crippen molar-refractivity contribution in [3.05, 3.63) is 35.9 Å². The highest BCUT2D eigenvalue weighted by atomic mass is 35.5. The summed E-state index contributed by atoms with van der Waals surface area (Å²) in [6.45, 7) is 5.00. The Balaban J connectivity index is 2.64. The van der Waals surface area contributed by atoms with Crippen molar-refractivity contribution in [2.45, 2.75) is 26.6 Å². The zero-order valence-electron chi connectivity index (χ0n) is 12.3. The summed E-state index contributed by atoms with van der Waals surface area (Å²) in [6.07, 6.45) is -0.977. The van der Waals surface area contributed by atoms with Crippen molar-refractivity contribution >= 4 is 25.2 Å². The van der Waals surface area contributed by atoms with Gasteiger partial charge in [0.25, 0.3) is 0 Å². The van der Waals surface area contributed by atoms with Crippen LogP contribution in [-0.4, -0.2) is 24.8 Å². The molecule has 0 bridgehead atoms. The summed E-state index contributed by atoms with van der Waals surface area (Å²) in [5.74, 6) is -0.861. The van der Waals surface area contributed by atoms with E-state index >= 15 is 0 Å². The Morgan fingerprint density at radius 1 is 1.29 bits per heavy atom. The third kappa shape index (κ3) is 6.62. The van der Waals surface area contributed by atoms with Crippen LogP contribution in [0.3, 0.4) is 0 Å². The van der Waals surface area contributed by atoms with Crippen LogP contribution in [0.4, 0.5) is 0 Å². The van der Waals surface area contributed by atoms with Crippen LogP contribution in [0.1, 0.15) is 19.4 Å². The van der Waals surface area contributed by atoms with E-state index in [1.54, 1.807) is 13.8 Å². The Labute approximate surface area is 130 Å². The predicted molar refractivity (Wildman–Crippen MR) is 81.3 cm³/mol. The number of carbonyl (C=O) groups is 1. The highest BCUT2D eigenvalue weighted by molar-refractivity contribution is 7.53. The predicted octanol–water partition coefficient (Wildman–Crippen LogP) is 3.81. The minimum atomic E-state index is -3.39. The summed E-state index contributed by atoms with van der Waals surface area (Å²) in [5, 5.41) is 0. The van der Waals surface area contributed by atoms with Crippen LogP contribution in [0, 0.1) is 5.92 Å². The molecule has 0 aliphatic rings. The van der Waals surface area contributed by atoms with Gasteiger partial charge in [-0.3, -0.25) is 9.09 Å². The number of esters is 1. The lowest BCUT2D eigenvalue weighted by molar-refractivity contribution is -0.152. The van der Waals surface area contributed by atoms with E-state index in [9.17, 15) is 9.36 Å². The van der Waals surface area contributed by atoms with Crippen LogP contribution >= 0.6 is 19.2 Å². The second-order valence-corrected chi connectivity index (χ2v) is 7.10. The van der Waals surface area contributed by atoms with E-state index < -0.39 is 19.7 Å². The van der Waals surface area contributed by atoms with Crippen molar-refractivity contribution in [1.29, 1.82) is 0 Å². The minimum Gasteiger partial charge on any atom is -0.447 e. The second-order valence-electron chi connectivity index (χ2n) is 4.87. The number of carbonyl (C=O) groups excluding carboxylic acids is 1. The molecule has 0 aromatic heterocycles. The van der Waals surface area contributed by atoms with Gasteiger partial charge in [0.2, 0.25) is 0 Å². The van der Waals surface area contributed by atoms with Gasteiger partial charge in [-0.05, 0) is 11.5 Å². The summed E-state index contributed by atoms with van der Waals surface area (Å²) in [7, 11) is -3.39. The Kier molecular flexibility index (Phi) is 7.40. The van der Waals surface area contributed by atoms with E-state index in [1.165, 1.54) is 6.66 Å². The molecule has 7 heteroatoms. The molecule has 0 aliphatic carbocycles. The monoisotopic (exact) mass is 334 g/mol. The Morgan fingerprint density at radius 3 is 2.43 bits per heavy atom. The van der Waals surface area contributed by atoms with Gasteiger partial charge < -0.3 is 9.26 Å². The quantitative estimate of drug-likeness (QED) is 0.411. The summed E-state index contributed by atoms with van der Waals surface area (Å²) in [4.78, 5) is 11.7. The van der Waals surface area contributed by atoms with Crippen LogP contribution in [0.25, 0.3) is 0 Å². The van der Waals surface area contributed by atoms with Crippen molar-refractivity contribution in [2.24, 2.45) is 5.92 Å². The van der Waals surface area contributed by atoms with E-state index in [0.717, 1.165) is 5.56 Å². The first-order chi connectivity index (χ1) is 9.85. The maximum Gasteiger partial charge on any atom is 0.337 e. The molecule has 2 atom stereocenters. The topological polar surface area (TPSA) is 61.8 Å². The number of rotatable bonds is 8. The highest BCUT2D eigenvalue weighted by Crippen LogP contribution is 2.47. The smallest absolute Gasteiger partial charge is 0.337 e. The Morgan fingerprint density at radius 2 is 1.90 bits per heavy atom. The summed E-state index contributed by atoms with van der Waals surface area (Å²) >= 11 is 5.36. The SMILES string of the molecule is CC(C)[C@H](OP(C)(=O)OCc1ccccc1)C(=O)OCCl. The molecule has 0 fully saturated rings. The molecular weight excluding hydrogens is 315 g/mol. The maximum atomic E-state index is 12.3. The third-order valence-corrected chi connectivity index (χ3v) is 3.97. The molecule has 0 amide bonds. The van der Waals surface area contributed by atoms with Crippen LogP contribution in [0.2, 0.25) is 0 Å². The van der Waals surface area contributed by atoms with Crippen molar-refractivity contribution < 1.29 is 23.1 Å². The van der Waals surface area contributed by atoms with Crippen molar-refractivity contribution in [3.8, 4) is 0 Å². The van der Waals surface area contributed by atoms with Gasteiger partial charge >= 0.3 is 13.6 Å². The first-order valence-electron chi connectivity index (χ1n) is 6.52. The normalized spacial score (nSPS) is 15.5. The van der Waals surface area contributed by atoms with Gasteiger partial charge in [-0.2, -0.15) is 0 Å². The molecule has 1 rings (SSSR count). The number of alkyl halides is 1. The van der Waals surface area contributed by atoms with Crippen molar-refractivity contribution in [2.75, 3.05) is 12.7 Å². The zero-order chi connectivity index (χ0) is 15.9. The van der Waals surface area contributed by atoms with Gasteiger partial charge in [-0.15, -0.1) is 0 Å². The van der Waals surface area contributed by atoms with Gasteiger partial charge in [-0.25, -0.2) is 4.79 Å². The lowest BCUT2D eigenvalue weighted by Crippen LogP contribution is -2.30. The average molecular weight is 335 g/mol. The van der Waals surface area contributed by atoms with Crippen LogP contribution < -0.4 is 0 Å². The average Bonchev–Trinajstić information content (AvgIpc) is 2.44. The molecule has 0 saturated heterocycles. The molecule has 21 heavy (non-hydrogen) atoms. The van der Waals surface area contributed by atoms with Crippen molar-refractivity contribution in [3.63, 3.8) is 0 Å². The first-order valence-corrected chi connectivity index (χ1v) is 9.05. The Bertz CT molecular complexity index is 491. The molecule has 1 aromatic carbocycles. The fourth-order valence-electron chi connectivity index (χ4n) is 1.58. The molecule has 5 nitrogen and oxygen atoms in total. The van der Waals surface area contributed by atoms with Crippen molar-refractivity contribution in [1.82, 2.24) is 0 Å². The number of hydrogen-bond donors (Lipinski definition) is 0. The third-order valence-electron chi connectivity index (χ3n) is 2.65. The molecule has 0 saturated carbocycles. The van der Waals surface area contributed by atoms with Gasteiger partial charge in [0, 0.05) is 6.66 Å². The highest BCUT2D eigenvalue weighted by Gasteiger charge is 2.32. The Hall–Kier alpha value is -0.870. The molecule has 0 heterocycles. The van der Waals surface area contributed by atoms with Gasteiger partial charge in [0.15, 0.2) is 12.2 Å². The molecule has 1 aromatic rings. The number of hydrogen-bond acceptors (Lipinski definition) is 5. The number of benzene rings is 1. The van der Waals surface area contributed by atoms with E-state index in [2.05, 4.69) is 0 Å². The first kappa shape index (κ1) is 18.2. The standard InChI is InChI=1S/C14H20ClO5P/c1-11(2)13(14(16)18-10-15)20-21(3,17)19-9-12-7-5-4-6-8-12/h4-8,11,13H,9-10H2,1-3H3/t13-,21?/m0/s1. The summed E-state index contributed by atoms with van der Waals surface area (Å²) in [5.41, 5.74) is 0.868. The summed E-state index contributed by atoms with van der Waals surface area (Å²) < 4.78 is 27.7. The molecule has 118 valence electrons. The molecule has 0 radical (unpaired) electrons. The van der Waals surface area contributed by atoms with Gasteiger partial charge in [0.05, 0.1) is 6.61 Å². The van der Waals surface area contributed by atoms with Gasteiger partial charge in [0.1, 0.15) is 0 Å². The van der Waals surface area contributed by atoms with E-state index in [4.69, 9.17) is 25.4 Å². The van der Waals surface area contributed by atoms with E-state index in [1.807, 2.05) is 30.3 Å². The number of ether oxygens (including phenoxy) is 1. The fraction of sp³-hybridized carbons (Fsp3) is 0.500. The molecule has 1 unspecified atom stereocenters.